The van der Waals surface area contributed by atoms with Crippen molar-refractivity contribution < 1.29 is 23.4 Å². The zero-order valence-corrected chi connectivity index (χ0v) is 22.7. The standard InChI is InChI=1S/C29H24ClFN4O5/c1-16-27(29(37)35(34(16)2)17-8-6-5-7-9-17)28(36)33-22-14-20(31)24(13-19(22)30)40-23-10-11-32-21-15-26(39-4)25(38-3)12-18(21)23/h5-15H,1-4H3,(H,33,36). The van der Waals surface area contributed by atoms with Crippen LogP contribution in [0.15, 0.2) is 71.7 Å². The molecule has 1 amide bonds. The predicted molar refractivity (Wildman–Crippen MR) is 150 cm³/mol. The number of pyridine rings is 1. The number of amides is 1. The Hall–Kier alpha value is -4.83. The topological polar surface area (TPSA) is 96.6 Å². The number of hydrogen-bond acceptors (Lipinski definition) is 6. The number of para-hydroxylation sites is 1. The molecule has 0 fully saturated rings. The van der Waals surface area contributed by atoms with Crippen molar-refractivity contribution in [1.82, 2.24) is 14.3 Å². The Labute approximate surface area is 233 Å². The summed E-state index contributed by atoms with van der Waals surface area (Å²) in [5.41, 5.74) is 0.955. The number of nitrogens with one attached hydrogen (secondary N) is 1. The molecule has 0 radical (unpaired) electrons. The van der Waals surface area contributed by atoms with E-state index in [1.54, 1.807) is 61.1 Å². The van der Waals surface area contributed by atoms with Crippen LogP contribution in [0.4, 0.5) is 10.1 Å². The summed E-state index contributed by atoms with van der Waals surface area (Å²) in [5, 5.41) is 3.13. The lowest BCUT2D eigenvalue weighted by Gasteiger charge is -2.14. The molecule has 11 heteroatoms. The Morgan fingerprint density at radius 1 is 0.975 bits per heavy atom. The molecule has 0 aliphatic rings. The van der Waals surface area contributed by atoms with Gasteiger partial charge in [-0.15, -0.1) is 0 Å². The van der Waals surface area contributed by atoms with E-state index in [2.05, 4.69) is 10.3 Å². The first-order valence-corrected chi connectivity index (χ1v) is 12.4. The number of benzene rings is 3. The van der Waals surface area contributed by atoms with Crippen molar-refractivity contribution in [2.24, 2.45) is 7.05 Å². The summed E-state index contributed by atoms with van der Waals surface area (Å²) in [6, 6.07) is 16.1. The third kappa shape index (κ3) is 4.73. The maximum absolute atomic E-state index is 15.2. The molecule has 2 aromatic heterocycles. The zero-order valence-electron chi connectivity index (χ0n) is 22.0. The first kappa shape index (κ1) is 26.8. The van der Waals surface area contributed by atoms with Gasteiger partial charge in [-0.3, -0.25) is 19.3 Å². The number of aromatic nitrogens is 3. The second-order valence-electron chi connectivity index (χ2n) is 8.79. The van der Waals surface area contributed by atoms with Crippen molar-refractivity contribution in [1.29, 1.82) is 0 Å². The fourth-order valence-corrected chi connectivity index (χ4v) is 4.57. The van der Waals surface area contributed by atoms with Crippen molar-refractivity contribution in [3.8, 4) is 28.7 Å². The molecule has 0 unspecified atom stereocenters. The second-order valence-corrected chi connectivity index (χ2v) is 9.20. The summed E-state index contributed by atoms with van der Waals surface area (Å²) in [6.45, 7) is 1.65. The van der Waals surface area contributed by atoms with Crippen molar-refractivity contribution in [2.75, 3.05) is 19.5 Å². The van der Waals surface area contributed by atoms with Gasteiger partial charge in [0.25, 0.3) is 11.5 Å². The maximum atomic E-state index is 15.2. The van der Waals surface area contributed by atoms with Gasteiger partial charge in [0.15, 0.2) is 23.1 Å². The van der Waals surface area contributed by atoms with Gasteiger partial charge in [-0.2, -0.15) is 0 Å². The molecule has 5 aromatic rings. The van der Waals surface area contributed by atoms with Crippen LogP contribution in [0, 0.1) is 12.7 Å². The van der Waals surface area contributed by atoms with Gasteiger partial charge in [0.1, 0.15) is 11.3 Å². The van der Waals surface area contributed by atoms with E-state index < -0.39 is 17.3 Å². The molecule has 5 rings (SSSR count). The Morgan fingerprint density at radius 3 is 2.38 bits per heavy atom. The number of fused-ring (bicyclic) bond motifs is 1. The molecule has 1 N–H and O–H groups in total. The van der Waals surface area contributed by atoms with Crippen LogP contribution >= 0.6 is 11.6 Å². The summed E-state index contributed by atoms with van der Waals surface area (Å²) in [4.78, 5) is 30.7. The summed E-state index contributed by atoms with van der Waals surface area (Å²) in [5.74, 6) is -0.433. The highest BCUT2D eigenvalue weighted by Gasteiger charge is 2.24. The van der Waals surface area contributed by atoms with Crippen molar-refractivity contribution >= 4 is 34.1 Å². The monoisotopic (exact) mass is 562 g/mol. The number of methoxy groups -OCH3 is 2. The Kier molecular flexibility index (Phi) is 7.19. The highest BCUT2D eigenvalue weighted by Crippen LogP contribution is 2.39. The van der Waals surface area contributed by atoms with Crippen molar-refractivity contribution in [2.45, 2.75) is 6.92 Å². The Balaban J connectivity index is 1.45. The summed E-state index contributed by atoms with van der Waals surface area (Å²) >= 11 is 6.42. The normalized spacial score (nSPS) is 10.9. The quantitative estimate of drug-likeness (QED) is 0.266. The summed E-state index contributed by atoms with van der Waals surface area (Å²) in [7, 11) is 4.69. The van der Waals surface area contributed by atoms with Crippen LogP contribution in [0.3, 0.4) is 0 Å². The molecule has 0 aliphatic carbocycles. The van der Waals surface area contributed by atoms with Gasteiger partial charge in [0.05, 0.1) is 41.8 Å². The van der Waals surface area contributed by atoms with Crippen LogP contribution in [0.1, 0.15) is 16.1 Å². The van der Waals surface area contributed by atoms with Crippen LogP contribution in [-0.4, -0.2) is 34.5 Å². The molecule has 204 valence electrons. The maximum Gasteiger partial charge on any atom is 0.284 e. The van der Waals surface area contributed by atoms with Gasteiger partial charge in [-0.25, -0.2) is 9.07 Å². The Morgan fingerprint density at radius 2 is 1.68 bits per heavy atom. The van der Waals surface area contributed by atoms with Crippen LogP contribution < -0.4 is 25.1 Å². The molecule has 0 atom stereocenters. The number of halogens is 2. The van der Waals surface area contributed by atoms with Gasteiger partial charge in [0, 0.05) is 36.8 Å². The first-order valence-electron chi connectivity index (χ1n) is 12.1. The molecule has 0 bridgehead atoms. The summed E-state index contributed by atoms with van der Waals surface area (Å²) < 4.78 is 34.7. The molecule has 9 nitrogen and oxygen atoms in total. The van der Waals surface area contributed by atoms with Gasteiger partial charge >= 0.3 is 0 Å². The highest BCUT2D eigenvalue weighted by molar-refractivity contribution is 6.34. The number of carbonyl (C=O) groups is 1. The van der Waals surface area contributed by atoms with Gasteiger partial charge < -0.3 is 19.5 Å². The van der Waals surface area contributed by atoms with Gasteiger partial charge in [0.2, 0.25) is 0 Å². The molecule has 2 heterocycles. The number of anilines is 1. The molecule has 0 aliphatic heterocycles. The number of carbonyl (C=O) groups excluding carboxylic acids is 1. The molecule has 3 aromatic carbocycles. The van der Waals surface area contributed by atoms with E-state index in [9.17, 15) is 9.59 Å². The van der Waals surface area contributed by atoms with E-state index in [-0.39, 0.29) is 22.0 Å². The second kappa shape index (κ2) is 10.7. The van der Waals surface area contributed by atoms with Crippen molar-refractivity contribution in [3.63, 3.8) is 0 Å². The predicted octanol–water partition coefficient (Wildman–Crippen LogP) is 5.89. The van der Waals surface area contributed by atoms with Crippen molar-refractivity contribution in [3.05, 3.63) is 99.3 Å². The summed E-state index contributed by atoms with van der Waals surface area (Å²) in [6.07, 6.45) is 1.52. The number of rotatable bonds is 7. The fourth-order valence-electron chi connectivity index (χ4n) is 4.37. The molecule has 0 saturated heterocycles. The average Bonchev–Trinajstić information content (AvgIpc) is 3.18. The number of hydrogen-bond donors (Lipinski definition) is 1. The lowest BCUT2D eigenvalue weighted by molar-refractivity contribution is 0.102. The first-order chi connectivity index (χ1) is 19.2. The zero-order chi connectivity index (χ0) is 28.6. The van der Waals surface area contributed by atoms with E-state index in [4.69, 9.17) is 25.8 Å². The number of nitrogens with zero attached hydrogens (tertiary/aromatic N) is 3. The molecular weight excluding hydrogens is 539 g/mol. The Bertz CT molecular complexity index is 1820. The highest BCUT2D eigenvalue weighted by atomic mass is 35.5. The molecular formula is C29H24ClFN4O5. The fraction of sp³-hybridized carbons (Fsp3) is 0.138. The van der Waals surface area contributed by atoms with E-state index in [0.29, 0.717) is 39.5 Å². The van der Waals surface area contributed by atoms with Crippen LogP contribution in [0.25, 0.3) is 16.6 Å². The van der Waals surface area contributed by atoms with Crippen LogP contribution in [-0.2, 0) is 7.05 Å². The lowest BCUT2D eigenvalue weighted by atomic mass is 10.1. The molecule has 0 spiro atoms. The minimum atomic E-state index is -0.781. The number of ether oxygens (including phenoxy) is 3. The average molecular weight is 563 g/mol. The van der Waals surface area contributed by atoms with Crippen LogP contribution in [0.2, 0.25) is 5.02 Å². The van der Waals surface area contributed by atoms with Gasteiger partial charge in [-0.05, 0) is 31.2 Å². The smallest absolute Gasteiger partial charge is 0.284 e. The third-order valence-electron chi connectivity index (χ3n) is 6.48. The SMILES string of the molecule is COc1cc2nccc(Oc3cc(Cl)c(NC(=O)c4c(C)n(C)n(-c5ccccc5)c4=O)cc3F)c2cc1OC. The lowest BCUT2D eigenvalue weighted by Crippen LogP contribution is -2.25. The van der Waals surface area contributed by atoms with E-state index in [1.807, 2.05) is 6.07 Å². The molecule has 0 saturated carbocycles. The minimum absolute atomic E-state index is 0.0133. The largest absolute Gasteiger partial charge is 0.493 e. The van der Waals surface area contributed by atoms with E-state index >= 15 is 4.39 Å². The van der Waals surface area contributed by atoms with E-state index in [0.717, 1.165) is 6.07 Å². The third-order valence-corrected chi connectivity index (χ3v) is 6.79. The molecule has 40 heavy (non-hydrogen) atoms. The van der Waals surface area contributed by atoms with Gasteiger partial charge in [-0.1, -0.05) is 29.8 Å². The van der Waals surface area contributed by atoms with E-state index in [1.165, 1.54) is 31.2 Å². The van der Waals surface area contributed by atoms with Crippen LogP contribution in [0.5, 0.6) is 23.0 Å². The minimum Gasteiger partial charge on any atom is -0.493 e.